The van der Waals surface area contributed by atoms with Crippen molar-refractivity contribution in [2.75, 3.05) is 23.0 Å². The number of halogens is 1. The second-order valence-corrected chi connectivity index (χ2v) is 7.35. The van der Waals surface area contributed by atoms with Gasteiger partial charge in [-0.25, -0.2) is 4.98 Å². The van der Waals surface area contributed by atoms with Crippen LogP contribution in [0, 0.1) is 5.92 Å². The summed E-state index contributed by atoms with van der Waals surface area (Å²) in [6.07, 6.45) is 1.74. The number of aromatic nitrogens is 4. The summed E-state index contributed by atoms with van der Waals surface area (Å²) in [6.45, 7) is 7.27. The van der Waals surface area contributed by atoms with Gasteiger partial charge < -0.3 is 26.0 Å². The van der Waals surface area contributed by atoms with Gasteiger partial charge >= 0.3 is 0 Å². The van der Waals surface area contributed by atoms with Crippen LogP contribution < -0.4 is 16.4 Å². The van der Waals surface area contributed by atoms with E-state index in [0.717, 1.165) is 17.8 Å². The Hall–Kier alpha value is -2.58. The third-order valence-corrected chi connectivity index (χ3v) is 5.04. The largest absolute Gasteiger partial charge is 0.397 e. The highest BCUT2D eigenvalue weighted by molar-refractivity contribution is 6.33. The number of nitrogen functional groups attached to an aromatic ring is 1. The van der Waals surface area contributed by atoms with Crippen LogP contribution in [0.4, 0.5) is 17.5 Å². The van der Waals surface area contributed by atoms with Crippen LogP contribution in [0.3, 0.4) is 0 Å². The van der Waals surface area contributed by atoms with Gasteiger partial charge in [-0.3, -0.25) is 0 Å². The van der Waals surface area contributed by atoms with Gasteiger partial charge in [0.15, 0.2) is 17.0 Å². The van der Waals surface area contributed by atoms with E-state index in [2.05, 4.69) is 25.6 Å². The summed E-state index contributed by atoms with van der Waals surface area (Å²) in [5.41, 5.74) is 8.89. The molecule has 0 aliphatic rings. The van der Waals surface area contributed by atoms with Crippen molar-refractivity contribution in [1.82, 2.24) is 19.5 Å². The van der Waals surface area contributed by atoms with Crippen LogP contribution in [0.1, 0.15) is 26.3 Å². The number of fused-ring (bicyclic) bond motifs is 1. The summed E-state index contributed by atoms with van der Waals surface area (Å²) in [5, 5.41) is 16.7. The molecule has 2 aromatic heterocycles. The van der Waals surface area contributed by atoms with Gasteiger partial charge in [-0.05, 0) is 24.5 Å². The van der Waals surface area contributed by atoms with E-state index in [-0.39, 0.29) is 18.6 Å². The number of aliphatic hydroxyl groups excluding tert-OH is 1. The summed E-state index contributed by atoms with van der Waals surface area (Å²) in [6, 6.07) is 5.39. The number of anilines is 3. The van der Waals surface area contributed by atoms with Crippen molar-refractivity contribution >= 4 is 40.2 Å². The number of rotatable bonds is 8. The molecule has 2 heterocycles. The van der Waals surface area contributed by atoms with Gasteiger partial charge in [-0.1, -0.05) is 37.6 Å². The summed E-state index contributed by atoms with van der Waals surface area (Å²) >= 11 is 6.11. The third-order valence-electron chi connectivity index (χ3n) is 4.71. The van der Waals surface area contributed by atoms with Gasteiger partial charge in [0.25, 0.3) is 0 Å². The molecule has 0 spiro atoms. The molecule has 9 heteroatoms. The van der Waals surface area contributed by atoms with Crippen molar-refractivity contribution in [3.63, 3.8) is 0 Å². The zero-order valence-electron chi connectivity index (χ0n) is 16.3. The molecule has 5 N–H and O–H groups in total. The Bertz CT molecular complexity index is 957. The molecule has 150 valence electrons. The molecule has 0 bridgehead atoms. The van der Waals surface area contributed by atoms with Crippen molar-refractivity contribution in [1.29, 1.82) is 0 Å². The van der Waals surface area contributed by atoms with Gasteiger partial charge in [0, 0.05) is 13.1 Å². The number of nitrogens with two attached hydrogens (primary N) is 1. The molecule has 0 saturated carbocycles. The van der Waals surface area contributed by atoms with E-state index < -0.39 is 0 Å². The van der Waals surface area contributed by atoms with Crippen molar-refractivity contribution in [2.24, 2.45) is 5.92 Å². The lowest BCUT2D eigenvalue weighted by Crippen LogP contribution is -2.30. The fraction of sp³-hybridized carbons (Fsp3) is 0.421. The minimum absolute atomic E-state index is 0.00604. The number of imidazole rings is 1. The predicted molar refractivity (Wildman–Crippen MR) is 114 cm³/mol. The fourth-order valence-corrected chi connectivity index (χ4v) is 3.06. The Balaban J connectivity index is 1.95. The molecule has 0 amide bonds. The van der Waals surface area contributed by atoms with Crippen LogP contribution in [-0.2, 0) is 13.1 Å². The topological polar surface area (TPSA) is 114 Å². The van der Waals surface area contributed by atoms with Crippen molar-refractivity contribution in [2.45, 2.75) is 39.9 Å². The first-order chi connectivity index (χ1) is 13.4. The molecule has 0 radical (unpaired) electrons. The molecule has 1 unspecified atom stereocenters. The molecular formula is C19H26ClN7O. The van der Waals surface area contributed by atoms with E-state index in [1.54, 1.807) is 12.4 Å². The number of hydrogen-bond donors (Lipinski definition) is 4. The highest BCUT2D eigenvalue weighted by Gasteiger charge is 2.17. The minimum atomic E-state index is -0.146. The number of para-hydroxylation sites is 1. The molecule has 0 aliphatic heterocycles. The normalized spacial score (nSPS) is 12.5. The minimum Gasteiger partial charge on any atom is -0.397 e. The molecule has 3 aromatic rings. The molecule has 0 fully saturated rings. The molecular weight excluding hydrogens is 378 g/mol. The second-order valence-electron chi connectivity index (χ2n) is 6.94. The first kappa shape index (κ1) is 20.2. The Morgan fingerprint density at radius 2 is 2.07 bits per heavy atom. The molecule has 1 aromatic carbocycles. The predicted octanol–water partition coefficient (Wildman–Crippen LogP) is 3.12. The first-order valence-electron chi connectivity index (χ1n) is 9.31. The van der Waals surface area contributed by atoms with Crippen LogP contribution in [0.25, 0.3) is 11.2 Å². The Morgan fingerprint density at radius 1 is 1.29 bits per heavy atom. The smallest absolute Gasteiger partial charge is 0.227 e. The highest BCUT2D eigenvalue weighted by atomic mass is 35.5. The average Bonchev–Trinajstić information content (AvgIpc) is 3.10. The summed E-state index contributed by atoms with van der Waals surface area (Å²) in [4.78, 5) is 13.7. The maximum absolute atomic E-state index is 9.63. The van der Waals surface area contributed by atoms with E-state index in [9.17, 15) is 5.11 Å². The molecule has 3 rings (SSSR count). The van der Waals surface area contributed by atoms with E-state index in [1.165, 1.54) is 0 Å². The van der Waals surface area contributed by atoms with Gasteiger partial charge in [-0.15, -0.1) is 0 Å². The highest BCUT2D eigenvalue weighted by Crippen LogP contribution is 2.25. The maximum Gasteiger partial charge on any atom is 0.227 e. The fourth-order valence-electron chi connectivity index (χ4n) is 2.87. The lowest BCUT2D eigenvalue weighted by Gasteiger charge is -2.20. The monoisotopic (exact) mass is 403 g/mol. The van der Waals surface area contributed by atoms with Crippen LogP contribution >= 0.6 is 11.6 Å². The first-order valence-corrected chi connectivity index (χ1v) is 9.69. The molecule has 1 atom stereocenters. The standard InChI is InChI=1S/C19H26ClN7O/c1-4-27-10-23-16-17(22-8-12-6-5-7-13(20)15(12)21)25-19(26-18(16)27)24-14(9-28)11(2)3/h5-7,10-11,14,28H,4,8-9,21H2,1-3H3,(H2,22,24,25,26). The lowest BCUT2D eigenvalue weighted by atomic mass is 10.1. The zero-order valence-corrected chi connectivity index (χ0v) is 17.0. The van der Waals surface area contributed by atoms with Gasteiger partial charge in [0.05, 0.1) is 29.7 Å². The second kappa shape index (κ2) is 8.62. The molecule has 8 nitrogen and oxygen atoms in total. The van der Waals surface area contributed by atoms with Crippen molar-refractivity contribution in [3.8, 4) is 0 Å². The van der Waals surface area contributed by atoms with E-state index in [0.29, 0.717) is 34.5 Å². The lowest BCUT2D eigenvalue weighted by molar-refractivity contribution is 0.248. The molecule has 28 heavy (non-hydrogen) atoms. The van der Waals surface area contributed by atoms with E-state index in [4.69, 9.17) is 17.3 Å². The van der Waals surface area contributed by atoms with E-state index >= 15 is 0 Å². The van der Waals surface area contributed by atoms with Crippen LogP contribution in [0.2, 0.25) is 5.02 Å². The number of aryl methyl sites for hydroxylation is 1. The third kappa shape index (κ3) is 4.13. The van der Waals surface area contributed by atoms with Crippen molar-refractivity contribution < 1.29 is 5.11 Å². The van der Waals surface area contributed by atoms with Crippen molar-refractivity contribution in [3.05, 3.63) is 35.1 Å². The number of nitrogens with zero attached hydrogens (tertiary/aromatic N) is 4. The summed E-state index contributed by atoms with van der Waals surface area (Å²) in [5.74, 6) is 1.26. The Morgan fingerprint density at radius 3 is 2.75 bits per heavy atom. The van der Waals surface area contributed by atoms with Gasteiger partial charge in [0.2, 0.25) is 5.95 Å². The number of benzene rings is 1. The summed E-state index contributed by atoms with van der Waals surface area (Å²) in [7, 11) is 0. The Labute approximate surface area is 169 Å². The Kier molecular flexibility index (Phi) is 6.21. The maximum atomic E-state index is 9.63. The zero-order chi connectivity index (χ0) is 20.3. The van der Waals surface area contributed by atoms with Crippen LogP contribution in [-0.4, -0.2) is 37.3 Å². The number of aliphatic hydroxyl groups is 1. The molecule has 0 aliphatic carbocycles. The summed E-state index contributed by atoms with van der Waals surface area (Å²) < 4.78 is 1.95. The van der Waals surface area contributed by atoms with Gasteiger partial charge in [0.1, 0.15) is 0 Å². The van der Waals surface area contributed by atoms with Crippen LogP contribution in [0.15, 0.2) is 24.5 Å². The van der Waals surface area contributed by atoms with Crippen LogP contribution in [0.5, 0.6) is 0 Å². The van der Waals surface area contributed by atoms with E-state index in [1.807, 2.05) is 37.5 Å². The van der Waals surface area contributed by atoms with Gasteiger partial charge in [-0.2, -0.15) is 9.97 Å². The molecule has 0 saturated heterocycles. The number of hydrogen-bond acceptors (Lipinski definition) is 7. The average molecular weight is 404 g/mol. The quantitative estimate of drug-likeness (QED) is 0.427. The SMILES string of the molecule is CCn1cnc2c(NCc3cccc(Cl)c3N)nc(NC(CO)C(C)C)nc21. The number of nitrogens with one attached hydrogen (secondary N) is 2.